The predicted molar refractivity (Wildman–Crippen MR) is 142 cm³/mol. The van der Waals surface area contributed by atoms with E-state index < -0.39 is 10.0 Å². The number of pyridine rings is 1. The number of ether oxygens (including phenoxy) is 2. The molecule has 2 fully saturated rings. The Morgan fingerprint density at radius 3 is 2.46 bits per heavy atom. The highest BCUT2D eigenvalue weighted by Gasteiger charge is 2.30. The lowest BCUT2D eigenvalue weighted by Gasteiger charge is -2.29. The smallest absolute Gasteiger partial charge is 0.246 e. The molecule has 1 aliphatic heterocycles. The van der Waals surface area contributed by atoms with Crippen LogP contribution >= 0.6 is 0 Å². The number of anilines is 2. The number of nitrogens with two attached hydrogens (primary N) is 1. The Morgan fingerprint density at radius 1 is 1.03 bits per heavy atom. The van der Waals surface area contributed by atoms with Crippen LogP contribution in [0.3, 0.4) is 0 Å². The van der Waals surface area contributed by atoms with Crippen molar-refractivity contribution in [1.29, 1.82) is 0 Å². The molecule has 0 amide bonds. The number of nitrogens with zero attached hydrogens (tertiary/aromatic N) is 4. The van der Waals surface area contributed by atoms with Crippen molar-refractivity contribution in [2.24, 2.45) is 0 Å². The van der Waals surface area contributed by atoms with Crippen molar-refractivity contribution in [1.82, 2.24) is 19.3 Å². The highest BCUT2D eigenvalue weighted by Crippen LogP contribution is 2.33. The van der Waals surface area contributed by atoms with Crippen LogP contribution in [-0.4, -0.2) is 62.4 Å². The number of nitrogen functional groups attached to an aromatic ring is 1. The van der Waals surface area contributed by atoms with Crippen LogP contribution in [0.25, 0.3) is 27.8 Å². The minimum atomic E-state index is -3.76. The third-order valence-corrected chi connectivity index (χ3v) is 8.21. The zero-order chi connectivity index (χ0) is 25.6. The highest BCUT2D eigenvalue weighted by atomic mass is 32.2. The average Bonchev–Trinajstić information content (AvgIpc) is 3.66. The first-order valence-electron chi connectivity index (χ1n) is 12.2. The summed E-state index contributed by atoms with van der Waals surface area (Å²) in [4.78, 5) is 11.1. The number of fused-ring (bicyclic) bond motifs is 1. The number of hydrogen-bond donors (Lipinski definition) is 2. The molecule has 0 radical (unpaired) electrons. The zero-order valence-corrected chi connectivity index (χ0v) is 21.2. The van der Waals surface area contributed by atoms with Crippen molar-refractivity contribution in [2.45, 2.75) is 23.8 Å². The number of aromatic nitrogens is 3. The molecule has 2 aromatic carbocycles. The van der Waals surface area contributed by atoms with Crippen molar-refractivity contribution in [3.8, 4) is 22.7 Å². The fraction of sp³-hybridized carbons (Fsp3) is 0.308. The molecule has 6 rings (SSSR count). The summed E-state index contributed by atoms with van der Waals surface area (Å²) in [5.74, 6) is 0.434. The first kappa shape index (κ1) is 23.7. The van der Waals surface area contributed by atoms with Crippen LogP contribution in [0.1, 0.15) is 12.8 Å². The Bertz CT molecular complexity index is 1560. The van der Waals surface area contributed by atoms with E-state index in [0.717, 1.165) is 67.1 Å². The third kappa shape index (κ3) is 4.61. The maximum Gasteiger partial charge on any atom is 0.246 e. The summed E-state index contributed by atoms with van der Waals surface area (Å²) >= 11 is 0. The van der Waals surface area contributed by atoms with Gasteiger partial charge in [0.15, 0.2) is 0 Å². The fourth-order valence-corrected chi connectivity index (χ4v) is 6.05. The number of sulfonamides is 1. The van der Waals surface area contributed by atoms with E-state index in [4.69, 9.17) is 15.2 Å². The summed E-state index contributed by atoms with van der Waals surface area (Å²) in [6.45, 7) is 3.18. The molecule has 0 atom stereocenters. The Morgan fingerprint density at radius 2 is 1.76 bits per heavy atom. The number of rotatable bonds is 7. The Balaban J connectivity index is 1.38. The molecule has 192 valence electrons. The lowest BCUT2D eigenvalue weighted by molar-refractivity contribution is 0.122. The van der Waals surface area contributed by atoms with Crippen molar-refractivity contribution < 1.29 is 17.9 Å². The van der Waals surface area contributed by atoms with Crippen LogP contribution in [0, 0.1) is 0 Å². The molecule has 0 bridgehead atoms. The van der Waals surface area contributed by atoms with Gasteiger partial charge >= 0.3 is 0 Å². The number of benzene rings is 2. The van der Waals surface area contributed by atoms with E-state index in [9.17, 15) is 8.42 Å². The van der Waals surface area contributed by atoms with Gasteiger partial charge in [-0.25, -0.2) is 23.1 Å². The molecule has 2 aromatic heterocycles. The maximum absolute atomic E-state index is 13.0. The average molecular weight is 521 g/mol. The molecule has 10 nitrogen and oxygen atoms in total. The quantitative estimate of drug-likeness (QED) is 0.381. The van der Waals surface area contributed by atoms with Crippen molar-refractivity contribution in [3.63, 3.8) is 0 Å². The number of hydrogen-bond acceptors (Lipinski definition) is 8. The number of nitrogens with one attached hydrogen (secondary N) is 1. The van der Waals surface area contributed by atoms with Crippen LogP contribution < -0.4 is 20.1 Å². The monoisotopic (exact) mass is 520 g/mol. The van der Waals surface area contributed by atoms with Crippen molar-refractivity contribution >= 4 is 32.7 Å². The molecule has 1 saturated carbocycles. The van der Waals surface area contributed by atoms with Crippen LogP contribution in [0.5, 0.6) is 5.88 Å². The van der Waals surface area contributed by atoms with Crippen molar-refractivity contribution in [2.75, 3.05) is 44.0 Å². The van der Waals surface area contributed by atoms with Crippen LogP contribution in [0.4, 0.5) is 11.6 Å². The second-order valence-electron chi connectivity index (χ2n) is 9.25. The number of methoxy groups -OCH3 is 1. The Kier molecular flexibility index (Phi) is 5.98. The largest absolute Gasteiger partial charge is 0.480 e. The molecule has 3 heterocycles. The summed E-state index contributed by atoms with van der Waals surface area (Å²) in [6.07, 6.45) is 3.28. The Hall–Kier alpha value is -3.67. The van der Waals surface area contributed by atoms with E-state index in [-0.39, 0.29) is 16.8 Å². The number of imidazole rings is 1. The lowest BCUT2D eigenvalue weighted by atomic mass is 10.1. The molecule has 37 heavy (non-hydrogen) atoms. The standard InChI is InChI=1S/C26H28N6O4S/c1-35-25-24(37(33,34)30-19-3-4-19)15-18(16-28-25)17-2-9-22-23(14-17)32(26(27)29-22)21-7-5-20(6-8-21)31-10-12-36-13-11-31/h2,5-9,14-16,19,30H,3-4,10-13H2,1H3,(H2,27,29). The first-order chi connectivity index (χ1) is 17.9. The minimum Gasteiger partial charge on any atom is -0.480 e. The van der Waals surface area contributed by atoms with E-state index in [2.05, 4.69) is 31.7 Å². The summed E-state index contributed by atoms with van der Waals surface area (Å²) in [5.41, 5.74) is 11.3. The predicted octanol–water partition coefficient (Wildman–Crippen LogP) is 2.96. The van der Waals surface area contributed by atoms with Gasteiger partial charge in [0.2, 0.25) is 21.9 Å². The summed E-state index contributed by atoms with van der Waals surface area (Å²) in [5, 5.41) is 0. The minimum absolute atomic E-state index is 0.0196. The van der Waals surface area contributed by atoms with Gasteiger partial charge in [0.05, 0.1) is 31.4 Å². The molecule has 1 aliphatic carbocycles. The molecule has 2 aliphatic rings. The third-order valence-electron chi connectivity index (χ3n) is 6.70. The van der Waals surface area contributed by atoms with Gasteiger partial charge < -0.3 is 20.1 Å². The van der Waals surface area contributed by atoms with E-state index >= 15 is 0 Å². The van der Waals surface area contributed by atoms with Gasteiger partial charge in [-0.2, -0.15) is 0 Å². The van der Waals surface area contributed by atoms with Crippen LogP contribution in [0.15, 0.2) is 59.6 Å². The second-order valence-corrected chi connectivity index (χ2v) is 10.9. The van der Waals surface area contributed by atoms with Crippen LogP contribution in [0.2, 0.25) is 0 Å². The van der Waals surface area contributed by atoms with Gasteiger partial charge in [0.25, 0.3) is 0 Å². The topological polar surface area (TPSA) is 125 Å². The zero-order valence-electron chi connectivity index (χ0n) is 20.4. The fourth-order valence-electron chi connectivity index (χ4n) is 4.60. The highest BCUT2D eigenvalue weighted by molar-refractivity contribution is 7.89. The molecular formula is C26H28N6O4S. The van der Waals surface area contributed by atoms with Crippen molar-refractivity contribution in [3.05, 3.63) is 54.7 Å². The maximum atomic E-state index is 13.0. The van der Waals surface area contributed by atoms with E-state index in [1.165, 1.54) is 7.11 Å². The van der Waals surface area contributed by atoms with Crippen LogP contribution in [-0.2, 0) is 14.8 Å². The van der Waals surface area contributed by atoms with Gasteiger partial charge in [-0.1, -0.05) is 6.07 Å². The first-order valence-corrected chi connectivity index (χ1v) is 13.7. The SMILES string of the molecule is COc1ncc(-c2ccc3nc(N)n(-c4ccc(N5CCOCC5)cc4)c3c2)cc1S(=O)(=O)NC1CC1. The van der Waals surface area contributed by atoms with Gasteiger partial charge in [0, 0.05) is 42.3 Å². The van der Waals surface area contributed by atoms with Gasteiger partial charge in [-0.05, 0) is 60.9 Å². The lowest BCUT2D eigenvalue weighted by Crippen LogP contribution is -2.36. The van der Waals surface area contributed by atoms with E-state index in [1.54, 1.807) is 12.3 Å². The molecular weight excluding hydrogens is 492 g/mol. The summed E-state index contributed by atoms with van der Waals surface area (Å²) in [7, 11) is -2.35. The summed E-state index contributed by atoms with van der Waals surface area (Å²) in [6, 6.07) is 15.5. The van der Waals surface area contributed by atoms with E-state index in [1.807, 2.05) is 34.9 Å². The van der Waals surface area contributed by atoms with Gasteiger partial charge in [0.1, 0.15) is 4.90 Å². The molecule has 3 N–H and O–H groups in total. The molecule has 0 spiro atoms. The molecule has 11 heteroatoms. The summed E-state index contributed by atoms with van der Waals surface area (Å²) < 4.78 is 41.2. The second kappa shape index (κ2) is 9.33. The number of morpholine rings is 1. The van der Waals surface area contributed by atoms with Gasteiger partial charge in [-0.3, -0.25) is 4.57 Å². The normalized spacial score (nSPS) is 16.3. The molecule has 0 unspecified atom stereocenters. The Labute approximate surface area is 215 Å². The van der Waals surface area contributed by atoms with Gasteiger partial charge in [-0.15, -0.1) is 0 Å². The van der Waals surface area contributed by atoms with E-state index in [0.29, 0.717) is 11.5 Å². The molecule has 1 saturated heterocycles. The molecule has 4 aromatic rings.